The molecule has 2 aromatic heterocycles. The smallest absolute Gasteiger partial charge is 0.336 e. The van der Waals surface area contributed by atoms with E-state index in [1.54, 1.807) is 19.4 Å². The first-order chi connectivity index (χ1) is 15.5. The van der Waals surface area contributed by atoms with Gasteiger partial charge < -0.3 is 14.7 Å². The van der Waals surface area contributed by atoms with E-state index in [1.165, 1.54) is 0 Å². The fourth-order valence-corrected chi connectivity index (χ4v) is 4.39. The van der Waals surface area contributed by atoms with Gasteiger partial charge in [-0.3, -0.25) is 9.67 Å². The van der Waals surface area contributed by atoms with Crippen molar-refractivity contribution in [1.82, 2.24) is 14.8 Å². The molecule has 1 aliphatic rings. The third-order valence-corrected chi connectivity index (χ3v) is 5.95. The van der Waals surface area contributed by atoms with Gasteiger partial charge in [0.05, 0.1) is 29.7 Å². The van der Waals surface area contributed by atoms with E-state index in [0.29, 0.717) is 17.7 Å². The first-order valence-electron chi connectivity index (χ1n) is 10.2. The number of nitrogens with zero attached hydrogens (tertiary/aromatic N) is 4. The first-order valence-corrected chi connectivity index (χ1v) is 10.2. The van der Waals surface area contributed by atoms with Crippen molar-refractivity contribution in [2.45, 2.75) is 6.42 Å². The van der Waals surface area contributed by atoms with E-state index < -0.39 is 5.97 Å². The molecular formula is C25H22N4O3. The maximum atomic E-state index is 11.7. The highest BCUT2D eigenvalue weighted by molar-refractivity contribution is 6.04. The SMILES string of the molecule is COc1cccc(N(C)c2cccc3c(C4=Cc5nccc(C(=O)O)c5C4)n(C)nc23)c1. The number of fused-ring (bicyclic) bond motifs is 2. The molecule has 1 N–H and O–H groups in total. The van der Waals surface area contributed by atoms with Crippen LogP contribution in [0.5, 0.6) is 5.75 Å². The molecule has 0 bridgehead atoms. The van der Waals surface area contributed by atoms with Crippen LogP contribution in [-0.2, 0) is 13.5 Å². The number of aromatic carboxylic acids is 1. The van der Waals surface area contributed by atoms with Gasteiger partial charge in [0.1, 0.15) is 11.3 Å². The Morgan fingerprint density at radius 3 is 2.78 bits per heavy atom. The van der Waals surface area contributed by atoms with Crippen LogP contribution in [0.4, 0.5) is 11.4 Å². The molecule has 4 aromatic rings. The first kappa shape index (κ1) is 19.8. The number of methoxy groups -OCH3 is 1. The van der Waals surface area contributed by atoms with E-state index in [4.69, 9.17) is 9.84 Å². The molecule has 0 aliphatic heterocycles. The molecule has 0 radical (unpaired) electrons. The third-order valence-electron chi connectivity index (χ3n) is 5.95. The number of pyridine rings is 1. The molecule has 0 saturated carbocycles. The lowest BCUT2D eigenvalue weighted by Crippen LogP contribution is -2.10. The van der Waals surface area contributed by atoms with E-state index in [2.05, 4.69) is 16.0 Å². The number of carboxylic acids is 1. The molecule has 160 valence electrons. The molecule has 0 unspecified atom stereocenters. The molecule has 5 rings (SSSR count). The monoisotopic (exact) mass is 426 g/mol. The Morgan fingerprint density at radius 1 is 1.19 bits per heavy atom. The van der Waals surface area contributed by atoms with Crippen LogP contribution in [0, 0.1) is 0 Å². The fraction of sp³-hybridized carbons (Fsp3) is 0.160. The summed E-state index contributed by atoms with van der Waals surface area (Å²) in [6, 6.07) is 15.6. The fourth-order valence-electron chi connectivity index (χ4n) is 4.39. The number of carbonyl (C=O) groups is 1. The van der Waals surface area contributed by atoms with Gasteiger partial charge in [-0.25, -0.2) is 4.79 Å². The zero-order chi connectivity index (χ0) is 22.4. The summed E-state index contributed by atoms with van der Waals surface area (Å²) in [5.41, 5.74) is 6.56. The second-order valence-corrected chi connectivity index (χ2v) is 7.78. The average Bonchev–Trinajstić information content (AvgIpc) is 3.37. The number of aryl methyl sites for hydroxylation is 1. The van der Waals surface area contributed by atoms with Crippen LogP contribution in [0.3, 0.4) is 0 Å². The normalized spacial score (nSPS) is 12.5. The summed E-state index contributed by atoms with van der Waals surface area (Å²) in [6.07, 6.45) is 4.02. The summed E-state index contributed by atoms with van der Waals surface area (Å²) in [7, 11) is 5.58. The lowest BCUT2D eigenvalue weighted by Gasteiger charge is -2.20. The molecule has 0 fully saturated rings. The van der Waals surface area contributed by atoms with Gasteiger partial charge in [0.25, 0.3) is 0 Å². The van der Waals surface area contributed by atoms with Crippen molar-refractivity contribution in [3.05, 3.63) is 77.2 Å². The maximum absolute atomic E-state index is 11.7. The van der Waals surface area contributed by atoms with Gasteiger partial charge in [0, 0.05) is 43.9 Å². The average molecular weight is 426 g/mol. The molecule has 0 amide bonds. The molecule has 2 aromatic carbocycles. The van der Waals surface area contributed by atoms with Gasteiger partial charge in [-0.2, -0.15) is 5.10 Å². The van der Waals surface area contributed by atoms with Gasteiger partial charge in [-0.15, -0.1) is 0 Å². The summed E-state index contributed by atoms with van der Waals surface area (Å²) in [4.78, 5) is 18.1. The largest absolute Gasteiger partial charge is 0.497 e. The quantitative estimate of drug-likeness (QED) is 0.505. The number of hydrogen-bond acceptors (Lipinski definition) is 5. The number of carboxylic acid groups (broad SMARTS) is 1. The number of aromatic nitrogens is 3. The summed E-state index contributed by atoms with van der Waals surface area (Å²) in [5.74, 6) is -0.144. The Balaban J connectivity index is 1.59. The van der Waals surface area contributed by atoms with Gasteiger partial charge in [-0.1, -0.05) is 18.2 Å². The minimum Gasteiger partial charge on any atom is -0.497 e. The van der Waals surface area contributed by atoms with Gasteiger partial charge in [0.15, 0.2) is 0 Å². The van der Waals surface area contributed by atoms with Crippen molar-refractivity contribution in [2.75, 3.05) is 19.1 Å². The van der Waals surface area contributed by atoms with E-state index in [1.807, 2.05) is 61.3 Å². The van der Waals surface area contributed by atoms with Crippen LogP contribution in [0.2, 0.25) is 0 Å². The second kappa shape index (κ2) is 7.53. The van der Waals surface area contributed by atoms with Crippen LogP contribution in [0.25, 0.3) is 22.6 Å². The van der Waals surface area contributed by atoms with Gasteiger partial charge in [-0.05, 0) is 41.5 Å². The van der Waals surface area contributed by atoms with E-state index in [-0.39, 0.29) is 0 Å². The summed E-state index contributed by atoms with van der Waals surface area (Å²) in [5, 5.41) is 15.4. The predicted octanol–water partition coefficient (Wildman–Crippen LogP) is 4.54. The third kappa shape index (κ3) is 3.10. The van der Waals surface area contributed by atoms with Crippen molar-refractivity contribution in [3.8, 4) is 5.75 Å². The van der Waals surface area contributed by atoms with Crippen LogP contribution in [-0.4, -0.2) is 40.0 Å². The van der Waals surface area contributed by atoms with Crippen molar-refractivity contribution in [3.63, 3.8) is 0 Å². The standard InChI is InChI=1S/C25H22N4O3/c1-28(16-6-4-7-17(14-16)32-3)22-9-5-8-19-23(22)27-29(2)24(19)15-12-20-18(25(30)31)10-11-26-21(20)13-15/h4-11,13-14H,12H2,1-3H3,(H,30,31). The topological polar surface area (TPSA) is 80.5 Å². The van der Waals surface area contributed by atoms with Crippen LogP contribution < -0.4 is 9.64 Å². The van der Waals surface area contributed by atoms with Crippen LogP contribution >= 0.6 is 0 Å². The van der Waals surface area contributed by atoms with Crippen LogP contribution in [0.15, 0.2) is 54.7 Å². The Kier molecular flexibility index (Phi) is 4.66. The van der Waals surface area contributed by atoms with Crippen molar-refractivity contribution >= 4 is 39.9 Å². The highest BCUT2D eigenvalue weighted by atomic mass is 16.5. The number of anilines is 2. The van der Waals surface area contributed by atoms with E-state index in [0.717, 1.165) is 44.9 Å². The van der Waals surface area contributed by atoms with Crippen molar-refractivity contribution in [1.29, 1.82) is 0 Å². The Hall–Kier alpha value is -4.13. The molecule has 7 nitrogen and oxygen atoms in total. The number of ether oxygens (including phenoxy) is 1. The lowest BCUT2D eigenvalue weighted by atomic mass is 10.0. The Morgan fingerprint density at radius 2 is 2.00 bits per heavy atom. The molecule has 32 heavy (non-hydrogen) atoms. The zero-order valence-corrected chi connectivity index (χ0v) is 18.0. The molecule has 0 spiro atoms. The number of benzene rings is 2. The predicted molar refractivity (Wildman–Crippen MR) is 125 cm³/mol. The molecule has 2 heterocycles. The minimum absolute atomic E-state index is 0.297. The van der Waals surface area contributed by atoms with E-state index >= 15 is 0 Å². The minimum atomic E-state index is -0.935. The Labute approximate surface area is 185 Å². The number of hydrogen-bond donors (Lipinski definition) is 1. The maximum Gasteiger partial charge on any atom is 0.336 e. The van der Waals surface area contributed by atoms with E-state index in [9.17, 15) is 9.90 Å². The molecule has 0 atom stereocenters. The Bertz CT molecular complexity index is 1400. The highest BCUT2D eigenvalue weighted by Crippen LogP contribution is 2.39. The summed E-state index contributed by atoms with van der Waals surface area (Å²) >= 11 is 0. The molecular weight excluding hydrogens is 404 g/mol. The zero-order valence-electron chi connectivity index (χ0n) is 18.0. The second-order valence-electron chi connectivity index (χ2n) is 7.78. The van der Waals surface area contributed by atoms with Crippen LogP contribution in [0.1, 0.15) is 27.3 Å². The lowest BCUT2D eigenvalue weighted by molar-refractivity contribution is 0.0695. The highest BCUT2D eigenvalue weighted by Gasteiger charge is 2.25. The number of allylic oxidation sites excluding steroid dienone is 1. The van der Waals surface area contributed by atoms with Crippen molar-refractivity contribution in [2.24, 2.45) is 7.05 Å². The summed E-state index contributed by atoms with van der Waals surface area (Å²) in [6.45, 7) is 0. The summed E-state index contributed by atoms with van der Waals surface area (Å²) < 4.78 is 7.24. The van der Waals surface area contributed by atoms with Gasteiger partial charge >= 0.3 is 5.97 Å². The number of rotatable bonds is 5. The molecule has 0 saturated heterocycles. The van der Waals surface area contributed by atoms with Gasteiger partial charge in [0.2, 0.25) is 0 Å². The molecule has 7 heteroatoms. The molecule has 1 aliphatic carbocycles. The van der Waals surface area contributed by atoms with Crippen molar-refractivity contribution < 1.29 is 14.6 Å².